The van der Waals surface area contributed by atoms with Crippen LogP contribution in [0.4, 0.5) is 0 Å². The van der Waals surface area contributed by atoms with Gasteiger partial charge in [0.15, 0.2) is 11.9 Å². The third-order valence-electron chi connectivity index (χ3n) is 3.16. The molecule has 1 aromatic carbocycles. The Kier molecular flexibility index (Phi) is 5.19. The second-order valence-corrected chi connectivity index (χ2v) is 4.73. The van der Waals surface area contributed by atoms with E-state index < -0.39 is 30.5 Å². The molecule has 6 nitrogen and oxygen atoms in total. The summed E-state index contributed by atoms with van der Waals surface area (Å²) in [6.07, 6.45) is -1.17. The lowest BCUT2D eigenvalue weighted by atomic mass is 10.1. The summed E-state index contributed by atoms with van der Waals surface area (Å²) in [6.45, 7) is -0.380. The van der Waals surface area contributed by atoms with Gasteiger partial charge >= 0.3 is 5.97 Å². The second kappa shape index (κ2) is 7.10. The molecule has 0 aliphatic carbocycles. The number of ether oxygens (including phenoxy) is 2. The third kappa shape index (κ3) is 3.74. The maximum Gasteiger partial charge on any atom is 0.378 e. The number of carbonyl (C=O) groups is 1. The molecule has 21 heavy (non-hydrogen) atoms. The van der Waals surface area contributed by atoms with Crippen LogP contribution in [0.25, 0.3) is 0 Å². The Morgan fingerprint density at radius 3 is 2.67 bits per heavy atom. The molecule has 0 radical (unpaired) electrons. The average molecular weight is 294 g/mol. The number of aryl methyl sites for hydroxylation is 1. The first-order chi connectivity index (χ1) is 10.1. The molecule has 3 N–H and O–H groups in total. The van der Waals surface area contributed by atoms with Crippen molar-refractivity contribution in [1.29, 1.82) is 0 Å². The van der Waals surface area contributed by atoms with E-state index in [0.717, 1.165) is 12.0 Å². The predicted octanol–water partition coefficient (Wildman–Crippen LogP) is 0.684. The Morgan fingerprint density at radius 1 is 1.29 bits per heavy atom. The molecule has 0 bridgehead atoms. The summed E-state index contributed by atoms with van der Waals surface area (Å²) >= 11 is 0. The maximum atomic E-state index is 11.5. The van der Waals surface area contributed by atoms with Crippen LogP contribution < -0.4 is 0 Å². The minimum atomic E-state index is -1.36. The fourth-order valence-electron chi connectivity index (χ4n) is 2.04. The van der Waals surface area contributed by atoms with Crippen molar-refractivity contribution in [3.8, 4) is 0 Å². The fourth-order valence-corrected chi connectivity index (χ4v) is 2.04. The van der Waals surface area contributed by atoms with Gasteiger partial charge in [0, 0.05) is 0 Å². The van der Waals surface area contributed by atoms with Crippen LogP contribution in [0.3, 0.4) is 0 Å². The van der Waals surface area contributed by atoms with Crippen molar-refractivity contribution in [3.63, 3.8) is 0 Å². The molecule has 1 heterocycles. The van der Waals surface area contributed by atoms with Crippen LogP contribution in [0, 0.1) is 0 Å². The van der Waals surface area contributed by atoms with Crippen molar-refractivity contribution in [2.45, 2.75) is 25.0 Å². The highest BCUT2D eigenvalue weighted by Gasteiger charge is 2.40. The monoisotopic (exact) mass is 294 g/mol. The smallest absolute Gasteiger partial charge is 0.378 e. The quantitative estimate of drug-likeness (QED) is 0.505. The van der Waals surface area contributed by atoms with Crippen molar-refractivity contribution in [2.24, 2.45) is 0 Å². The van der Waals surface area contributed by atoms with Gasteiger partial charge in [-0.3, -0.25) is 0 Å². The van der Waals surface area contributed by atoms with Gasteiger partial charge in [0.05, 0.1) is 13.2 Å². The summed E-state index contributed by atoms with van der Waals surface area (Å²) < 4.78 is 9.99. The van der Waals surface area contributed by atoms with Gasteiger partial charge in [-0.15, -0.1) is 0 Å². The lowest BCUT2D eigenvalue weighted by molar-refractivity contribution is -0.148. The highest BCUT2D eigenvalue weighted by atomic mass is 16.6. The number of hydrogen-bond donors (Lipinski definition) is 3. The van der Waals surface area contributed by atoms with Crippen LogP contribution in [-0.2, 0) is 20.7 Å². The minimum absolute atomic E-state index is 0.241. The Hall–Kier alpha value is -2.05. The number of esters is 1. The molecular formula is C15H18O6. The standard InChI is InChI=1S/C15H18O6/c16-9-11(17)13-12(18)14(15(19)21-13)20-8-4-7-10-5-2-1-3-6-10/h1-3,5-6,11,13,16-18H,4,7-9H2/t11-,13+/m0/s1. The van der Waals surface area contributed by atoms with Crippen LogP contribution >= 0.6 is 0 Å². The van der Waals surface area contributed by atoms with Crippen molar-refractivity contribution in [1.82, 2.24) is 0 Å². The van der Waals surface area contributed by atoms with Gasteiger partial charge in [-0.1, -0.05) is 30.3 Å². The number of aliphatic hydroxyl groups excluding tert-OH is 3. The molecule has 1 aromatic rings. The first-order valence-electron chi connectivity index (χ1n) is 6.73. The minimum Gasteiger partial charge on any atom is -0.505 e. The molecular weight excluding hydrogens is 276 g/mol. The fraction of sp³-hybridized carbons (Fsp3) is 0.400. The first kappa shape index (κ1) is 15.3. The van der Waals surface area contributed by atoms with E-state index in [2.05, 4.69) is 0 Å². The van der Waals surface area contributed by atoms with Gasteiger partial charge in [0.25, 0.3) is 0 Å². The Labute approximate surface area is 122 Å². The van der Waals surface area contributed by atoms with E-state index >= 15 is 0 Å². The van der Waals surface area contributed by atoms with Crippen LogP contribution in [0.2, 0.25) is 0 Å². The SMILES string of the molecule is O=C1O[C@H]([C@@H](O)CO)C(O)=C1OCCCc1ccccc1. The van der Waals surface area contributed by atoms with Crippen molar-refractivity contribution < 1.29 is 29.6 Å². The van der Waals surface area contributed by atoms with Gasteiger partial charge in [-0.2, -0.15) is 0 Å². The van der Waals surface area contributed by atoms with Crippen molar-refractivity contribution in [2.75, 3.05) is 13.2 Å². The summed E-state index contributed by atoms with van der Waals surface area (Å²) in [7, 11) is 0. The summed E-state index contributed by atoms with van der Waals surface area (Å²) in [6, 6.07) is 9.81. The van der Waals surface area contributed by atoms with E-state index in [1.54, 1.807) is 0 Å². The number of hydrogen-bond acceptors (Lipinski definition) is 6. The topological polar surface area (TPSA) is 96.2 Å². The molecule has 0 amide bonds. The summed E-state index contributed by atoms with van der Waals surface area (Å²) in [4.78, 5) is 11.5. The molecule has 0 aromatic heterocycles. The van der Waals surface area contributed by atoms with Gasteiger partial charge in [-0.05, 0) is 18.4 Å². The zero-order valence-electron chi connectivity index (χ0n) is 11.4. The highest BCUT2D eigenvalue weighted by molar-refractivity contribution is 5.89. The molecule has 0 unspecified atom stereocenters. The molecule has 2 atom stereocenters. The van der Waals surface area contributed by atoms with Gasteiger partial charge in [0.1, 0.15) is 6.10 Å². The highest BCUT2D eigenvalue weighted by Crippen LogP contribution is 2.24. The van der Waals surface area contributed by atoms with Gasteiger partial charge in [-0.25, -0.2) is 4.79 Å². The normalized spacial score (nSPS) is 19.5. The predicted molar refractivity (Wildman–Crippen MR) is 73.3 cm³/mol. The third-order valence-corrected chi connectivity index (χ3v) is 3.16. The molecule has 1 aliphatic rings. The van der Waals surface area contributed by atoms with E-state index in [-0.39, 0.29) is 12.4 Å². The van der Waals surface area contributed by atoms with Crippen LogP contribution in [0.5, 0.6) is 0 Å². The number of rotatable bonds is 7. The van der Waals surface area contributed by atoms with E-state index in [1.165, 1.54) is 0 Å². The molecule has 2 rings (SSSR count). The second-order valence-electron chi connectivity index (χ2n) is 4.73. The van der Waals surface area contributed by atoms with Crippen LogP contribution in [0.1, 0.15) is 12.0 Å². The molecule has 0 fully saturated rings. The number of benzene rings is 1. The van der Waals surface area contributed by atoms with Gasteiger partial charge < -0.3 is 24.8 Å². The molecule has 0 spiro atoms. The Balaban J connectivity index is 1.84. The van der Waals surface area contributed by atoms with Crippen LogP contribution in [-0.4, -0.2) is 46.7 Å². The molecule has 1 aliphatic heterocycles. The van der Waals surface area contributed by atoms with E-state index in [9.17, 15) is 15.0 Å². The number of cyclic esters (lactones) is 1. The number of aliphatic hydroxyl groups is 3. The largest absolute Gasteiger partial charge is 0.505 e. The Bertz CT molecular complexity index is 510. The summed E-state index contributed by atoms with van der Waals surface area (Å²) in [5.74, 6) is -1.59. The zero-order chi connectivity index (χ0) is 15.2. The lowest BCUT2D eigenvalue weighted by Crippen LogP contribution is -2.31. The first-order valence-corrected chi connectivity index (χ1v) is 6.73. The molecule has 6 heteroatoms. The number of carbonyl (C=O) groups excluding carboxylic acids is 1. The van der Waals surface area contributed by atoms with E-state index in [1.807, 2.05) is 30.3 Å². The molecule has 0 saturated heterocycles. The maximum absolute atomic E-state index is 11.5. The van der Waals surface area contributed by atoms with E-state index in [0.29, 0.717) is 6.42 Å². The zero-order valence-corrected chi connectivity index (χ0v) is 11.4. The van der Waals surface area contributed by atoms with E-state index in [4.69, 9.17) is 14.6 Å². The molecule has 114 valence electrons. The summed E-state index contributed by atoms with van der Waals surface area (Å²) in [5.41, 5.74) is 1.15. The average Bonchev–Trinajstić information content (AvgIpc) is 2.79. The Morgan fingerprint density at radius 2 is 2.00 bits per heavy atom. The molecule has 0 saturated carbocycles. The van der Waals surface area contributed by atoms with Crippen molar-refractivity contribution in [3.05, 3.63) is 47.4 Å². The van der Waals surface area contributed by atoms with Gasteiger partial charge in [0.2, 0.25) is 5.76 Å². The summed E-state index contributed by atoms with van der Waals surface area (Å²) in [5, 5.41) is 28.0. The van der Waals surface area contributed by atoms with Crippen molar-refractivity contribution >= 4 is 5.97 Å². The lowest BCUT2D eigenvalue weighted by Gasteiger charge is -2.13. The van der Waals surface area contributed by atoms with Crippen LogP contribution in [0.15, 0.2) is 41.9 Å².